The molecular formula is C19H38N4O5S. The van der Waals surface area contributed by atoms with Crippen molar-refractivity contribution in [2.24, 2.45) is 5.73 Å². The summed E-state index contributed by atoms with van der Waals surface area (Å²) in [6.07, 6.45) is 4.13. The van der Waals surface area contributed by atoms with Gasteiger partial charge in [-0.2, -0.15) is 11.8 Å². The Labute approximate surface area is 178 Å². The highest BCUT2D eigenvalue weighted by atomic mass is 32.2. The average molecular weight is 435 g/mol. The first-order valence-corrected chi connectivity index (χ1v) is 11.5. The quantitative estimate of drug-likeness (QED) is 0.158. The summed E-state index contributed by atoms with van der Waals surface area (Å²) in [6.45, 7) is 4.12. The Hall–Kier alpha value is -0.910. The van der Waals surface area contributed by atoms with E-state index in [1.165, 1.54) is 0 Å². The van der Waals surface area contributed by atoms with Gasteiger partial charge in [-0.25, -0.2) is 0 Å². The van der Waals surface area contributed by atoms with Crippen LogP contribution in [-0.4, -0.2) is 95.2 Å². The zero-order valence-corrected chi connectivity index (χ0v) is 18.3. The molecule has 9 nitrogen and oxygen atoms in total. The van der Waals surface area contributed by atoms with Crippen LogP contribution in [-0.2, 0) is 23.8 Å². The molecule has 1 aliphatic heterocycles. The van der Waals surface area contributed by atoms with Gasteiger partial charge in [0.2, 0.25) is 12.3 Å². The number of hydrogen-bond acceptors (Lipinski definition) is 8. The fraction of sp³-hybridized carbons (Fsp3) is 0.895. The molecule has 0 aliphatic carbocycles. The van der Waals surface area contributed by atoms with E-state index in [0.717, 1.165) is 31.4 Å². The van der Waals surface area contributed by atoms with Gasteiger partial charge in [0, 0.05) is 36.6 Å². The second kappa shape index (κ2) is 17.9. The molecule has 1 aliphatic rings. The highest BCUT2D eigenvalue weighted by molar-refractivity contribution is 8.00. The van der Waals surface area contributed by atoms with Gasteiger partial charge in [-0.3, -0.25) is 9.59 Å². The molecule has 5 N–H and O–H groups in total. The second-order valence-electron chi connectivity index (χ2n) is 6.80. The molecule has 29 heavy (non-hydrogen) atoms. The zero-order chi connectivity index (χ0) is 21.2. The molecule has 0 radical (unpaired) electrons. The molecule has 10 heteroatoms. The van der Waals surface area contributed by atoms with E-state index in [1.54, 1.807) is 0 Å². The zero-order valence-electron chi connectivity index (χ0n) is 17.5. The number of rotatable bonds is 19. The lowest BCUT2D eigenvalue weighted by molar-refractivity contribution is -0.121. The van der Waals surface area contributed by atoms with Gasteiger partial charge in [0.15, 0.2) is 0 Å². The molecule has 0 aromatic carbocycles. The molecule has 1 unspecified atom stereocenters. The maximum Gasteiger partial charge on any atom is 0.220 e. The Morgan fingerprint density at radius 3 is 2.45 bits per heavy atom. The minimum atomic E-state index is 0.0524. The van der Waals surface area contributed by atoms with Crippen LogP contribution in [0.25, 0.3) is 0 Å². The van der Waals surface area contributed by atoms with Crippen molar-refractivity contribution in [2.45, 2.75) is 43.0 Å². The van der Waals surface area contributed by atoms with E-state index in [4.69, 9.17) is 19.9 Å². The van der Waals surface area contributed by atoms with E-state index in [-0.39, 0.29) is 11.9 Å². The van der Waals surface area contributed by atoms with Crippen LogP contribution in [0.5, 0.6) is 0 Å². The highest BCUT2D eigenvalue weighted by Gasteiger charge is 2.35. The van der Waals surface area contributed by atoms with Crippen LogP contribution in [0.15, 0.2) is 0 Å². The molecule has 0 aromatic rings. The van der Waals surface area contributed by atoms with Gasteiger partial charge in [-0.1, -0.05) is 6.42 Å². The third kappa shape index (κ3) is 12.4. The molecule has 0 aromatic heterocycles. The first-order chi connectivity index (χ1) is 14.2. The van der Waals surface area contributed by atoms with Crippen molar-refractivity contribution in [2.75, 3.05) is 65.5 Å². The van der Waals surface area contributed by atoms with Crippen molar-refractivity contribution in [1.82, 2.24) is 16.0 Å². The summed E-state index contributed by atoms with van der Waals surface area (Å²) in [5.74, 6) is 1.05. The van der Waals surface area contributed by atoms with E-state index >= 15 is 0 Å². The number of carbonyl (C=O) groups is 2. The average Bonchev–Trinajstić information content (AvgIpc) is 3.11. The largest absolute Gasteiger partial charge is 0.378 e. The third-order valence-electron chi connectivity index (χ3n) is 4.67. The van der Waals surface area contributed by atoms with Gasteiger partial charge in [-0.05, 0) is 19.9 Å². The number of hydrogen-bond donors (Lipinski definition) is 4. The minimum absolute atomic E-state index is 0.0524. The van der Waals surface area contributed by atoms with Crippen molar-refractivity contribution < 1.29 is 23.8 Å². The first kappa shape index (κ1) is 26.1. The molecule has 1 rings (SSSR count). The van der Waals surface area contributed by atoms with E-state index in [9.17, 15) is 9.59 Å². The maximum absolute atomic E-state index is 11.9. The molecular weight excluding hydrogens is 396 g/mol. The molecule has 3 atom stereocenters. The van der Waals surface area contributed by atoms with Gasteiger partial charge in [0.05, 0.1) is 45.7 Å². The topological polar surface area (TPSA) is 124 Å². The lowest BCUT2D eigenvalue weighted by atomic mass is 10.0. The molecule has 0 spiro atoms. The van der Waals surface area contributed by atoms with Gasteiger partial charge >= 0.3 is 0 Å². The van der Waals surface area contributed by atoms with E-state index in [2.05, 4.69) is 16.0 Å². The second-order valence-corrected chi connectivity index (χ2v) is 8.07. The number of amides is 2. The van der Waals surface area contributed by atoms with Crippen LogP contribution in [0.3, 0.4) is 0 Å². The lowest BCUT2D eigenvalue weighted by Crippen LogP contribution is -2.48. The number of thioether (sulfide) groups is 1. The fourth-order valence-electron chi connectivity index (χ4n) is 3.13. The number of likely N-dealkylation sites (N-methyl/N-ethyl adjacent to an activating group) is 1. The summed E-state index contributed by atoms with van der Waals surface area (Å²) in [6, 6.07) is 0.476. The molecule has 170 valence electrons. The summed E-state index contributed by atoms with van der Waals surface area (Å²) in [4.78, 5) is 22.7. The Morgan fingerprint density at radius 2 is 1.79 bits per heavy atom. The van der Waals surface area contributed by atoms with E-state index in [0.29, 0.717) is 70.4 Å². The van der Waals surface area contributed by atoms with Crippen LogP contribution < -0.4 is 21.7 Å². The summed E-state index contributed by atoms with van der Waals surface area (Å²) in [5.41, 5.74) is 5.31. The van der Waals surface area contributed by atoms with Crippen LogP contribution in [0.2, 0.25) is 0 Å². The first-order valence-electron chi connectivity index (χ1n) is 10.4. The Balaban J connectivity index is 1.92. The predicted octanol–water partition coefficient (Wildman–Crippen LogP) is -0.510. The number of nitrogens with two attached hydrogens (primary N) is 1. The summed E-state index contributed by atoms with van der Waals surface area (Å²) >= 11 is 1.89. The standard InChI is InChI=1S/C19H38N4O5S/c1-21-16-14-29-17(19(16)23-15-24)4-2-3-5-18(25)22-7-9-27-11-13-28-12-10-26-8-6-20/h15-17,19,21H,2-14,20H2,1H3,(H,22,25)(H,23,24)/t16-,17?,19-/m0/s1. The Kier molecular flexibility index (Phi) is 16.1. The summed E-state index contributed by atoms with van der Waals surface area (Å²) in [7, 11) is 1.92. The Morgan fingerprint density at radius 1 is 1.10 bits per heavy atom. The number of ether oxygens (including phenoxy) is 3. The molecule has 1 heterocycles. The summed E-state index contributed by atoms with van der Waals surface area (Å²) < 4.78 is 16.0. The maximum atomic E-state index is 11.9. The summed E-state index contributed by atoms with van der Waals surface area (Å²) in [5, 5.41) is 9.47. The Bertz CT molecular complexity index is 433. The third-order valence-corrected chi connectivity index (χ3v) is 6.18. The molecule has 0 saturated carbocycles. The van der Waals surface area contributed by atoms with Crippen molar-refractivity contribution in [1.29, 1.82) is 0 Å². The van der Waals surface area contributed by atoms with Crippen molar-refractivity contribution in [3.05, 3.63) is 0 Å². The molecule has 2 amide bonds. The predicted molar refractivity (Wildman–Crippen MR) is 115 cm³/mol. The highest BCUT2D eigenvalue weighted by Crippen LogP contribution is 2.31. The van der Waals surface area contributed by atoms with Gasteiger partial charge < -0.3 is 35.9 Å². The molecule has 0 bridgehead atoms. The van der Waals surface area contributed by atoms with Crippen LogP contribution in [0.4, 0.5) is 0 Å². The van der Waals surface area contributed by atoms with E-state index in [1.807, 2.05) is 18.8 Å². The van der Waals surface area contributed by atoms with E-state index < -0.39 is 0 Å². The monoisotopic (exact) mass is 434 g/mol. The number of carbonyl (C=O) groups excluding carboxylic acids is 2. The van der Waals surface area contributed by atoms with Gasteiger partial charge in [0.1, 0.15) is 0 Å². The van der Waals surface area contributed by atoms with Crippen molar-refractivity contribution in [3.8, 4) is 0 Å². The van der Waals surface area contributed by atoms with Gasteiger partial charge in [-0.15, -0.1) is 0 Å². The van der Waals surface area contributed by atoms with Gasteiger partial charge in [0.25, 0.3) is 0 Å². The van der Waals surface area contributed by atoms with Crippen LogP contribution in [0.1, 0.15) is 25.7 Å². The molecule has 1 saturated heterocycles. The number of unbranched alkanes of at least 4 members (excludes halogenated alkanes) is 1. The van der Waals surface area contributed by atoms with Crippen LogP contribution >= 0.6 is 11.8 Å². The SMILES string of the molecule is CN[C@H]1CSC(CCCCC(=O)NCCOCCOCCOCCN)[C@H]1NC=O. The van der Waals surface area contributed by atoms with Crippen molar-refractivity contribution >= 4 is 24.1 Å². The molecule has 1 fully saturated rings. The van der Waals surface area contributed by atoms with Crippen LogP contribution in [0, 0.1) is 0 Å². The minimum Gasteiger partial charge on any atom is -0.378 e. The van der Waals surface area contributed by atoms with Crippen molar-refractivity contribution in [3.63, 3.8) is 0 Å². The number of nitrogens with one attached hydrogen (secondary N) is 3. The lowest BCUT2D eigenvalue weighted by Gasteiger charge is -2.22. The fourth-order valence-corrected chi connectivity index (χ4v) is 4.77. The smallest absolute Gasteiger partial charge is 0.220 e. The normalized spacial score (nSPS) is 21.2.